The van der Waals surface area contributed by atoms with Gasteiger partial charge in [-0.15, -0.1) is 0 Å². The number of carbonyl (C=O) groups is 1. The second kappa shape index (κ2) is 5.10. The van der Waals surface area contributed by atoms with Crippen LogP contribution in [0.4, 0.5) is 4.39 Å². The summed E-state index contributed by atoms with van der Waals surface area (Å²) in [5.74, 6) is -0.931. The Hall–Kier alpha value is -2.00. The van der Waals surface area contributed by atoms with E-state index in [1.165, 1.54) is 12.1 Å². The first-order valence-corrected chi connectivity index (χ1v) is 5.70. The Labute approximate surface area is 105 Å². The molecule has 2 nitrogen and oxygen atoms in total. The van der Waals surface area contributed by atoms with Crippen LogP contribution in [0.3, 0.4) is 0 Å². The highest BCUT2D eigenvalue weighted by Gasteiger charge is 2.20. The predicted octanol–water partition coefficient (Wildman–Crippen LogP) is 3.02. The molecule has 0 aromatic heterocycles. The van der Waals surface area contributed by atoms with E-state index in [1.54, 1.807) is 30.3 Å². The Kier molecular flexibility index (Phi) is 3.53. The first-order chi connectivity index (χ1) is 8.59. The second-order valence-corrected chi connectivity index (χ2v) is 4.24. The van der Waals surface area contributed by atoms with Crippen molar-refractivity contribution in [1.29, 1.82) is 0 Å². The number of hydrogen-bond acceptors (Lipinski definition) is 2. The Bertz CT molecular complexity index is 566. The maximum atomic E-state index is 13.6. The van der Waals surface area contributed by atoms with E-state index in [2.05, 4.69) is 0 Å². The Morgan fingerprint density at radius 1 is 1.17 bits per heavy atom. The highest BCUT2D eigenvalue weighted by Crippen LogP contribution is 2.19. The summed E-state index contributed by atoms with van der Waals surface area (Å²) >= 11 is 0. The SMILES string of the molecule is Cc1ccc(F)c(C(=O)[C@H](N)c2ccccc2)c1. The average molecular weight is 243 g/mol. The summed E-state index contributed by atoms with van der Waals surface area (Å²) in [6.07, 6.45) is 0. The fourth-order valence-corrected chi connectivity index (χ4v) is 1.81. The van der Waals surface area contributed by atoms with Crippen molar-refractivity contribution >= 4 is 5.78 Å². The largest absolute Gasteiger partial charge is 0.318 e. The predicted molar refractivity (Wildman–Crippen MR) is 68.8 cm³/mol. The first-order valence-electron chi connectivity index (χ1n) is 5.70. The number of aryl methyl sites for hydroxylation is 1. The number of halogens is 1. The van der Waals surface area contributed by atoms with Gasteiger partial charge in [0.2, 0.25) is 0 Å². The third kappa shape index (κ3) is 2.46. The second-order valence-electron chi connectivity index (χ2n) is 4.24. The number of ketones is 1. The molecule has 0 amide bonds. The van der Waals surface area contributed by atoms with Crippen LogP contribution in [0.1, 0.15) is 27.5 Å². The molecule has 0 heterocycles. The summed E-state index contributed by atoms with van der Waals surface area (Å²) in [5.41, 5.74) is 7.44. The normalized spacial score (nSPS) is 12.2. The molecule has 3 heteroatoms. The van der Waals surface area contributed by atoms with Crippen molar-refractivity contribution in [3.8, 4) is 0 Å². The number of hydrogen-bond donors (Lipinski definition) is 1. The maximum absolute atomic E-state index is 13.6. The Morgan fingerprint density at radius 2 is 1.83 bits per heavy atom. The zero-order valence-corrected chi connectivity index (χ0v) is 10.1. The van der Waals surface area contributed by atoms with Crippen LogP contribution < -0.4 is 5.73 Å². The van der Waals surface area contributed by atoms with Crippen LogP contribution in [-0.2, 0) is 0 Å². The minimum Gasteiger partial charge on any atom is -0.318 e. The van der Waals surface area contributed by atoms with Crippen LogP contribution in [0.15, 0.2) is 48.5 Å². The molecule has 1 atom stereocenters. The van der Waals surface area contributed by atoms with Gasteiger partial charge in [0.1, 0.15) is 5.82 Å². The minimum atomic E-state index is -0.831. The molecule has 2 N–H and O–H groups in total. The van der Waals surface area contributed by atoms with Crippen LogP contribution in [-0.4, -0.2) is 5.78 Å². The summed E-state index contributed by atoms with van der Waals surface area (Å²) in [4.78, 5) is 12.2. The lowest BCUT2D eigenvalue weighted by atomic mass is 9.97. The summed E-state index contributed by atoms with van der Waals surface area (Å²) in [6.45, 7) is 1.81. The highest BCUT2D eigenvalue weighted by atomic mass is 19.1. The summed E-state index contributed by atoms with van der Waals surface area (Å²) in [7, 11) is 0. The van der Waals surface area contributed by atoms with E-state index in [4.69, 9.17) is 5.73 Å². The van der Waals surface area contributed by atoms with Crippen molar-refractivity contribution in [3.05, 3.63) is 71.0 Å². The van der Waals surface area contributed by atoms with Gasteiger partial charge in [0.25, 0.3) is 0 Å². The van der Waals surface area contributed by atoms with E-state index < -0.39 is 17.6 Å². The van der Waals surface area contributed by atoms with E-state index in [1.807, 2.05) is 13.0 Å². The molecule has 0 aliphatic rings. The zero-order chi connectivity index (χ0) is 13.1. The van der Waals surface area contributed by atoms with Gasteiger partial charge in [-0.25, -0.2) is 4.39 Å². The third-order valence-corrected chi connectivity index (χ3v) is 2.83. The van der Waals surface area contributed by atoms with Gasteiger partial charge in [0.05, 0.1) is 11.6 Å². The minimum absolute atomic E-state index is 0.0475. The molecule has 18 heavy (non-hydrogen) atoms. The van der Waals surface area contributed by atoms with Crippen molar-refractivity contribution < 1.29 is 9.18 Å². The molecular formula is C15H14FNO. The van der Waals surface area contributed by atoms with Gasteiger partial charge in [0.15, 0.2) is 5.78 Å². The molecule has 0 bridgehead atoms. The standard InChI is InChI=1S/C15H14FNO/c1-10-7-8-13(16)12(9-10)15(18)14(17)11-5-3-2-4-6-11/h2-9,14H,17H2,1H3/t14-/m1/s1. The fraction of sp³-hybridized carbons (Fsp3) is 0.133. The lowest BCUT2D eigenvalue weighted by molar-refractivity contribution is 0.0957. The van der Waals surface area contributed by atoms with Gasteiger partial charge in [-0.05, 0) is 24.6 Å². The molecule has 0 fully saturated rings. The summed E-state index contributed by atoms with van der Waals surface area (Å²) in [5, 5.41) is 0. The molecule has 0 saturated heterocycles. The van der Waals surface area contributed by atoms with Gasteiger partial charge in [-0.2, -0.15) is 0 Å². The Balaban J connectivity index is 2.34. The van der Waals surface area contributed by atoms with Crippen LogP contribution in [0.5, 0.6) is 0 Å². The lowest BCUT2D eigenvalue weighted by Crippen LogP contribution is -2.22. The van der Waals surface area contributed by atoms with E-state index in [-0.39, 0.29) is 5.56 Å². The maximum Gasteiger partial charge on any atom is 0.186 e. The van der Waals surface area contributed by atoms with E-state index in [0.29, 0.717) is 5.56 Å². The van der Waals surface area contributed by atoms with Crippen molar-refractivity contribution in [1.82, 2.24) is 0 Å². The molecular weight excluding hydrogens is 229 g/mol. The summed E-state index contributed by atoms with van der Waals surface area (Å²) < 4.78 is 13.6. The first kappa shape index (κ1) is 12.5. The van der Waals surface area contributed by atoms with E-state index >= 15 is 0 Å². The van der Waals surface area contributed by atoms with Crippen molar-refractivity contribution in [2.24, 2.45) is 5.73 Å². The topological polar surface area (TPSA) is 43.1 Å². The van der Waals surface area contributed by atoms with Crippen LogP contribution >= 0.6 is 0 Å². The van der Waals surface area contributed by atoms with Gasteiger partial charge in [-0.1, -0.05) is 42.0 Å². The number of Topliss-reactive ketones (excluding diaryl/α,β-unsaturated/α-hetero) is 1. The van der Waals surface area contributed by atoms with Crippen molar-refractivity contribution in [2.75, 3.05) is 0 Å². The van der Waals surface area contributed by atoms with Crippen molar-refractivity contribution in [2.45, 2.75) is 13.0 Å². The smallest absolute Gasteiger partial charge is 0.186 e. The molecule has 2 aromatic carbocycles. The van der Waals surface area contributed by atoms with Gasteiger partial charge in [-0.3, -0.25) is 4.79 Å². The average Bonchev–Trinajstić information content (AvgIpc) is 2.41. The van der Waals surface area contributed by atoms with Crippen LogP contribution in [0, 0.1) is 12.7 Å². The van der Waals surface area contributed by atoms with E-state index in [9.17, 15) is 9.18 Å². The van der Waals surface area contributed by atoms with Crippen LogP contribution in [0.25, 0.3) is 0 Å². The molecule has 0 unspecified atom stereocenters. The molecule has 2 aromatic rings. The van der Waals surface area contributed by atoms with E-state index in [0.717, 1.165) is 5.56 Å². The lowest BCUT2D eigenvalue weighted by Gasteiger charge is -2.12. The fourth-order valence-electron chi connectivity index (χ4n) is 1.81. The number of carbonyl (C=O) groups excluding carboxylic acids is 1. The van der Waals surface area contributed by atoms with Gasteiger partial charge in [0, 0.05) is 0 Å². The molecule has 0 spiro atoms. The molecule has 0 aliphatic carbocycles. The van der Waals surface area contributed by atoms with Crippen LogP contribution in [0.2, 0.25) is 0 Å². The molecule has 0 saturated carbocycles. The molecule has 92 valence electrons. The summed E-state index contributed by atoms with van der Waals surface area (Å²) in [6, 6.07) is 12.6. The third-order valence-electron chi connectivity index (χ3n) is 2.83. The number of rotatable bonds is 3. The monoisotopic (exact) mass is 243 g/mol. The molecule has 0 radical (unpaired) electrons. The molecule has 0 aliphatic heterocycles. The van der Waals surface area contributed by atoms with Crippen molar-refractivity contribution in [3.63, 3.8) is 0 Å². The molecule has 2 rings (SSSR count). The number of benzene rings is 2. The quantitative estimate of drug-likeness (QED) is 0.842. The zero-order valence-electron chi connectivity index (χ0n) is 10.1. The highest BCUT2D eigenvalue weighted by molar-refractivity contribution is 6.00. The van der Waals surface area contributed by atoms with Gasteiger partial charge >= 0.3 is 0 Å². The number of nitrogens with two attached hydrogens (primary N) is 1. The van der Waals surface area contributed by atoms with Gasteiger partial charge < -0.3 is 5.73 Å². The Morgan fingerprint density at radius 3 is 2.50 bits per heavy atom.